The molecule has 1 aromatic carbocycles. The van der Waals surface area contributed by atoms with Gasteiger partial charge in [-0.15, -0.1) is 11.3 Å². The smallest absolute Gasteiger partial charge is 0.0636 e. The van der Waals surface area contributed by atoms with Crippen LogP contribution < -0.4 is 5.32 Å². The SMILES string of the molecule is CC1(NCc2sc3ccccc3c2Cl)CCC1. The first kappa shape index (κ1) is 11.5. The maximum absolute atomic E-state index is 6.42. The molecule has 0 unspecified atom stereocenters. The molecule has 3 rings (SSSR count). The molecule has 90 valence electrons. The Bertz CT molecular complexity index is 542. The van der Waals surface area contributed by atoms with Gasteiger partial charge >= 0.3 is 0 Å². The summed E-state index contributed by atoms with van der Waals surface area (Å²) in [7, 11) is 0. The molecule has 3 heteroatoms. The van der Waals surface area contributed by atoms with E-state index in [0.717, 1.165) is 11.6 Å². The van der Waals surface area contributed by atoms with Crippen LogP contribution in [0.15, 0.2) is 24.3 Å². The Balaban J connectivity index is 1.83. The summed E-state index contributed by atoms with van der Waals surface area (Å²) < 4.78 is 1.29. The number of halogens is 1. The van der Waals surface area contributed by atoms with Crippen LogP contribution in [0.2, 0.25) is 5.02 Å². The van der Waals surface area contributed by atoms with Gasteiger partial charge in [0.15, 0.2) is 0 Å². The molecule has 0 saturated heterocycles. The predicted octanol–water partition coefficient (Wildman–Crippen LogP) is 4.59. The molecule has 1 aliphatic rings. The van der Waals surface area contributed by atoms with Crippen LogP contribution in [-0.2, 0) is 6.54 Å². The summed E-state index contributed by atoms with van der Waals surface area (Å²) in [5.41, 5.74) is 0.347. The quantitative estimate of drug-likeness (QED) is 0.856. The van der Waals surface area contributed by atoms with Crippen LogP contribution >= 0.6 is 22.9 Å². The molecule has 0 spiro atoms. The van der Waals surface area contributed by atoms with E-state index in [9.17, 15) is 0 Å². The molecule has 1 fully saturated rings. The molecule has 17 heavy (non-hydrogen) atoms. The van der Waals surface area contributed by atoms with E-state index in [-0.39, 0.29) is 0 Å². The van der Waals surface area contributed by atoms with E-state index in [0.29, 0.717) is 5.54 Å². The minimum atomic E-state index is 0.347. The largest absolute Gasteiger partial charge is 0.307 e. The number of nitrogens with one attached hydrogen (secondary N) is 1. The van der Waals surface area contributed by atoms with Crippen molar-refractivity contribution in [3.63, 3.8) is 0 Å². The van der Waals surface area contributed by atoms with E-state index >= 15 is 0 Å². The van der Waals surface area contributed by atoms with Gasteiger partial charge in [-0.25, -0.2) is 0 Å². The van der Waals surface area contributed by atoms with Crippen LogP contribution in [0, 0.1) is 0 Å². The average molecular weight is 266 g/mol. The minimum Gasteiger partial charge on any atom is -0.307 e. The molecule has 0 amide bonds. The maximum atomic E-state index is 6.42. The summed E-state index contributed by atoms with van der Waals surface area (Å²) in [6.07, 6.45) is 3.93. The van der Waals surface area contributed by atoms with Gasteiger partial charge in [0, 0.05) is 27.0 Å². The van der Waals surface area contributed by atoms with E-state index in [4.69, 9.17) is 11.6 Å². The molecule has 2 aromatic rings. The van der Waals surface area contributed by atoms with Gasteiger partial charge in [-0.2, -0.15) is 0 Å². The highest BCUT2D eigenvalue weighted by atomic mass is 35.5. The zero-order valence-corrected chi connectivity index (χ0v) is 11.5. The fraction of sp³-hybridized carbons (Fsp3) is 0.429. The van der Waals surface area contributed by atoms with Crippen molar-refractivity contribution in [3.05, 3.63) is 34.2 Å². The lowest BCUT2D eigenvalue weighted by atomic mass is 9.78. The third kappa shape index (κ3) is 2.10. The molecule has 1 aromatic heterocycles. The highest BCUT2D eigenvalue weighted by Crippen LogP contribution is 2.37. The van der Waals surface area contributed by atoms with Gasteiger partial charge in [0.1, 0.15) is 0 Å². The molecular formula is C14H16ClNS. The average Bonchev–Trinajstić information content (AvgIpc) is 2.62. The number of fused-ring (bicyclic) bond motifs is 1. The lowest BCUT2D eigenvalue weighted by Crippen LogP contribution is -2.47. The van der Waals surface area contributed by atoms with Crippen molar-refractivity contribution in [1.82, 2.24) is 5.32 Å². The Hall–Kier alpha value is -0.570. The molecule has 1 nitrogen and oxygen atoms in total. The van der Waals surface area contributed by atoms with Crippen molar-refractivity contribution < 1.29 is 0 Å². The van der Waals surface area contributed by atoms with Crippen LogP contribution in [0.5, 0.6) is 0 Å². The number of rotatable bonds is 3. The summed E-state index contributed by atoms with van der Waals surface area (Å²) in [5.74, 6) is 0. The lowest BCUT2D eigenvalue weighted by molar-refractivity contribution is 0.207. The van der Waals surface area contributed by atoms with Crippen LogP contribution in [0.4, 0.5) is 0 Å². The summed E-state index contributed by atoms with van der Waals surface area (Å²) in [4.78, 5) is 1.26. The van der Waals surface area contributed by atoms with E-state index in [2.05, 4.69) is 30.4 Å². The van der Waals surface area contributed by atoms with Crippen molar-refractivity contribution in [2.75, 3.05) is 0 Å². The van der Waals surface area contributed by atoms with Gasteiger partial charge in [0.2, 0.25) is 0 Å². The van der Waals surface area contributed by atoms with Crippen molar-refractivity contribution in [2.24, 2.45) is 0 Å². The Labute approximate surface area is 111 Å². The number of hydrogen-bond donors (Lipinski definition) is 1. The molecule has 1 aliphatic carbocycles. The van der Waals surface area contributed by atoms with Gasteiger partial charge in [0.05, 0.1) is 5.02 Å². The van der Waals surface area contributed by atoms with E-state index < -0.39 is 0 Å². The standard InChI is InChI=1S/C14H16ClNS/c1-14(7-4-8-14)16-9-12-13(15)10-5-2-3-6-11(10)17-12/h2-3,5-6,16H,4,7-9H2,1H3. The highest BCUT2D eigenvalue weighted by molar-refractivity contribution is 7.19. The Morgan fingerprint density at radius 1 is 1.35 bits per heavy atom. The topological polar surface area (TPSA) is 12.0 Å². The number of hydrogen-bond acceptors (Lipinski definition) is 2. The van der Waals surface area contributed by atoms with Crippen molar-refractivity contribution in [1.29, 1.82) is 0 Å². The molecule has 0 aliphatic heterocycles. The van der Waals surface area contributed by atoms with Gasteiger partial charge in [-0.1, -0.05) is 29.8 Å². The fourth-order valence-corrected chi connectivity index (χ4v) is 3.80. The van der Waals surface area contributed by atoms with E-state index in [1.54, 1.807) is 11.3 Å². The first-order valence-electron chi connectivity index (χ1n) is 6.09. The summed E-state index contributed by atoms with van der Waals surface area (Å²) in [6, 6.07) is 8.36. The molecule has 1 saturated carbocycles. The number of thiophene rings is 1. The molecular weight excluding hydrogens is 250 g/mol. The summed E-state index contributed by atoms with van der Waals surface area (Å²) >= 11 is 8.22. The highest BCUT2D eigenvalue weighted by Gasteiger charge is 2.31. The first-order valence-corrected chi connectivity index (χ1v) is 7.28. The van der Waals surface area contributed by atoms with E-state index in [1.807, 2.05) is 6.07 Å². The third-order valence-corrected chi connectivity index (χ3v) is 5.45. The van der Waals surface area contributed by atoms with Crippen molar-refractivity contribution in [2.45, 2.75) is 38.3 Å². The lowest BCUT2D eigenvalue weighted by Gasteiger charge is -2.39. The molecule has 1 N–H and O–H groups in total. The van der Waals surface area contributed by atoms with Gasteiger partial charge in [-0.3, -0.25) is 0 Å². The zero-order chi connectivity index (χ0) is 11.9. The molecule has 0 radical (unpaired) electrons. The Morgan fingerprint density at radius 2 is 2.12 bits per heavy atom. The fourth-order valence-electron chi connectivity index (χ4n) is 2.36. The summed E-state index contributed by atoms with van der Waals surface area (Å²) in [5, 5.41) is 5.76. The predicted molar refractivity (Wildman–Crippen MR) is 75.9 cm³/mol. The molecule has 1 heterocycles. The van der Waals surface area contributed by atoms with Crippen molar-refractivity contribution in [3.8, 4) is 0 Å². The van der Waals surface area contributed by atoms with Gasteiger partial charge < -0.3 is 5.32 Å². The third-order valence-electron chi connectivity index (χ3n) is 3.73. The second-order valence-electron chi connectivity index (χ2n) is 5.10. The van der Waals surface area contributed by atoms with Gasteiger partial charge in [-0.05, 0) is 32.3 Å². The van der Waals surface area contributed by atoms with Crippen molar-refractivity contribution >= 4 is 33.0 Å². The normalized spacial score (nSPS) is 18.2. The molecule has 0 atom stereocenters. The van der Waals surface area contributed by atoms with E-state index in [1.165, 1.54) is 34.2 Å². The zero-order valence-electron chi connectivity index (χ0n) is 9.92. The second kappa shape index (κ2) is 4.27. The monoisotopic (exact) mass is 265 g/mol. The minimum absolute atomic E-state index is 0.347. The Morgan fingerprint density at radius 3 is 2.76 bits per heavy atom. The second-order valence-corrected chi connectivity index (χ2v) is 6.62. The summed E-state index contributed by atoms with van der Waals surface area (Å²) in [6.45, 7) is 3.20. The van der Waals surface area contributed by atoms with Crippen LogP contribution in [-0.4, -0.2) is 5.54 Å². The maximum Gasteiger partial charge on any atom is 0.0636 e. The molecule has 0 bridgehead atoms. The van der Waals surface area contributed by atoms with Crippen LogP contribution in [0.1, 0.15) is 31.1 Å². The first-order chi connectivity index (χ1) is 8.18. The van der Waals surface area contributed by atoms with Crippen LogP contribution in [0.25, 0.3) is 10.1 Å². The number of benzene rings is 1. The van der Waals surface area contributed by atoms with Gasteiger partial charge in [0.25, 0.3) is 0 Å². The van der Waals surface area contributed by atoms with Crippen LogP contribution in [0.3, 0.4) is 0 Å². The Kier molecular flexibility index (Phi) is 2.89.